The zero-order valence-electron chi connectivity index (χ0n) is 15.8. The van der Waals surface area contributed by atoms with Crippen LogP contribution in [0.5, 0.6) is 0 Å². The van der Waals surface area contributed by atoms with Gasteiger partial charge in [0.15, 0.2) is 0 Å². The molecule has 1 aliphatic rings. The molecule has 0 aromatic heterocycles. The summed E-state index contributed by atoms with van der Waals surface area (Å²) in [5.74, 6) is -0.0324. The van der Waals surface area contributed by atoms with Gasteiger partial charge in [0, 0.05) is 32.6 Å². The van der Waals surface area contributed by atoms with Gasteiger partial charge in [-0.2, -0.15) is 4.31 Å². The lowest BCUT2D eigenvalue weighted by Crippen LogP contribution is -2.43. The fraction of sp³-hybridized carbons (Fsp3) is 0.381. The van der Waals surface area contributed by atoms with Gasteiger partial charge < -0.3 is 4.90 Å². The van der Waals surface area contributed by atoms with Crippen LogP contribution in [0, 0.1) is 12.8 Å². The SMILES string of the molecule is Cc1ccc(CN(C)C(=O)C2CCN(S(=O)(=O)c3ccccc3)CC2)cc1. The third-order valence-corrected chi connectivity index (χ3v) is 7.01. The first-order chi connectivity index (χ1) is 12.9. The average molecular weight is 387 g/mol. The Kier molecular flexibility index (Phi) is 5.97. The maximum absolute atomic E-state index is 12.8. The Morgan fingerprint density at radius 3 is 2.22 bits per heavy atom. The van der Waals surface area contributed by atoms with E-state index in [0.717, 1.165) is 5.56 Å². The minimum Gasteiger partial charge on any atom is -0.341 e. The van der Waals surface area contributed by atoms with Gasteiger partial charge in [-0.25, -0.2) is 8.42 Å². The van der Waals surface area contributed by atoms with Crippen molar-refractivity contribution in [3.8, 4) is 0 Å². The minimum atomic E-state index is -3.48. The molecule has 1 amide bonds. The fourth-order valence-corrected chi connectivity index (χ4v) is 4.93. The fourth-order valence-electron chi connectivity index (χ4n) is 3.44. The van der Waals surface area contributed by atoms with Crippen molar-refractivity contribution in [2.75, 3.05) is 20.1 Å². The molecule has 0 spiro atoms. The summed E-state index contributed by atoms with van der Waals surface area (Å²) in [6, 6.07) is 16.6. The minimum absolute atomic E-state index is 0.0901. The molecule has 0 saturated carbocycles. The smallest absolute Gasteiger partial charge is 0.243 e. The van der Waals surface area contributed by atoms with E-state index < -0.39 is 10.0 Å². The van der Waals surface area contributed by atoms with Gasteiger partial charge >= 0.3 is 0 Å². The standard InChI is InChI=1S/C21H26N2O3S/c1-17-8-10-18(11-9-17)16-22(2)21(24)19-12-14-23(15-13-19)27(25,26)20-6-4-3-5-7-20/h3-11,19H,12-16H2,1-2H3. The zero-order chi connectivity index (χ0) is 19.4. The number of carbonyl (C=O) groups is 1. The van der Waals surface area contributed by atoms with E-state index in [4.69, 9.17) is 0 Å². The van der Waals surface area contributed by atoms with E-state index in [1.54, 1.807) is 35.2 Å². The highest BCUT2D eigenvalue weighted by Gasteiger charge is 2.33. The Balaban J connectivity index is 1.58. The lowest BCUT2D eigenvalue weighted by atomic mass is 9.96. The number of carbonyl (C=O) groups excluding carboxylic acids is 1. The van der Waals surface area contributed by atoms with Crippen molar-refractivity contribution in [3.63, 3.8) is 0 Å². The van der Waals surface area contributed by atoms with Gasteiger partial charge in [0.05, 0.1) is 4.90 Å². The van der Waals surface area contributed by atoms with E-state index in [0.29, 0.717) is 37.4 Å². The molecule has 0 bridgehead atoms. The third kappa shape index (κ3) is 4.57. The van der Waals surface area contributed by atoms with Gasteiger partial charge in [-0.15, -0.1) is 0 Å². The summed E-state index contributed by atoms with van der Waals surface area (Å²) >= 11 is 0. The second-order valence-corrected chi connectivity index (χ2v) is 9.11. The van der Waals surface area contributed by atoms with Gasteiger partial charge in [0.1, 0.15) is 0 Å². The van der Waals surface area contributed by atoms with E-state index in [1.165, 1.54) is 9.87 Å². The van der Waals surface area contributed by atoms with Crippen LogP contribution in [0.15, 0.2) is 59.5 Å². The lowest BCUT2D eigenvalue weighted by molar-refractivity contribution is -0.135. The van der Waals surface area contributed by atoms with Crippen molar-refractivity contribution in [1.82, 2.24) is 9.21 Å². The van der Waals surface area contributed by atoms with Crippen molar-refractivity contribution in [1.29, 1.82) is 0 Å². The maximum atomic E-state index is 12.8. The summed E-state index contributed by atoms with van der Waals surface area (Å²) in [6.07, 6.45) is 1.12. The van der Waals surface area contributed by atoms with Crippen LogP contribution in [-0.2, 0) is 21.4 Å². The van der Waals surface area contributed by atoms with Crippen molar-refractivity contribution in [3.05, 3.63) is 65.7 Å². The van der Waals surface area contributed by atoms with Crippen LogP contribution >= 0.6 is 0 Å². The molecule has 6 heteroatoms. The highest BCUT2D eigenvalue weighted by Crippen LogP contribution is 2.25. The van der Waals surface area contributed by atoms with Gasteiger partial charge in [-0.1, -0.05) is 48.0 Å². The number of rotatable bonds is 5. The largest absolute Gasteiger partial charge is 0.341 e. The Bertz CT molecular complexity index is 871. The van der Waals surface area contributed by atoms with Gasteiger partial charge in [0.2, 0.25) is 15.9 Å². The molecule has 1 fully saturated rings. The van der Waals surface area contributed by atoms with E-state index in [1.807, 2.05) is 38.2 Å². The molecular weight excluding hydrogens is 360 g/mol. The second kappa shape index (κ2) is 8.23. The molecule has 0 N–H and O–H groups in total. The number of benzene rings is 2. The molecular formula is C21H26N2O3S. The van der Waals surface area contributed by atoms with Crippen LogP contribution in [0.2, 0.25) is 0 Å². The number of aryl methyl sites for hydroxylation is 1. The average Bonchev–Trinajstić information content (AvgIpc) is 2.70. The number of hydrogen-bond acceptors (Lipinski definition) is 3. The molecule has 2 aromatic carbocycles. The summed E-state index contributed by atoms with van der Waals surface area (Å²) in [5.41, 5.74) is 2.29. The molecule has 27 heavy (non-hydrogen) atoms. The predicted molar refractivity (Wildman–Crippen MR) is 106 cm³/mol. The van der Waals surface area contributed by atoms with Crippen molar-refractivity contribution in [2.45, 2.75) is 31.2 Å². The van der Waals surface area contributed by atoms with Crippen LogP contribution < -0.4 is 0 Å². The number of sulfonamides is 1. The van der Waals surface area contributed by atoms with E-state index in [-0.39, 0.29) is 11.8 Å². The number of amides is 1. The molecule has 3 rings (SSSR count). The zero-order valence-corrected chi connectivity index (χ0v) is 16.7. The highest BCUT2D eigenvalue weighted by molar-refractivity contribution is 7.89. The molecule has 0 aliphatic carbocycles. The molecule has 1 heterocycles. The monoisotopic (exact) mass is 386 g/mol. The Labute approximate surface area is 161 Å². The van der Waals surface area contributed by atoms with Crippen molar-refractivity contribution >= 4 is 15.9 Å². The first kappa shape index (κ1) is 19.6. The normalized spacial score (nSPS) is 16.2. The first-order valence-corrected chi connectivity index (χ1v) is 10.7. The molecule has 1 aliphatic heterocycles. The third-order valence-electron chi connectivity index (χ3n) is 5.10. The van der Waals surface area contributed by atoms with E-state index in [9.17, 15) is 13.2 Å². The predicted octanol–water partition coefficient (Wildman–Crippen LogP) is 3.05. The first-order valence-electron chi connectivity index (χ1n) is 9.23. The molecule has 1 saturated heterocycles. The lowest BCUT2D eigenvalue weighted by Gasteiger charge is -2.32. The Morgan fingerprint density at radius 1 is 1.04 bits per heavy atom. The highest BCUT2D eigenvalue weighted by atomic mass is 32.2. The summed E-state index contributed by atoms with van der Waals surface area (Å²) in [7, 11) is -1.66. The van der Waals surface area contributed by atoms with Crippen LogP contribution in [0.3, 0.4) is 0 Å². The van der Waals surface area contributed by atoms with Crippen LogP contribution in [0.4, 0.5) is 0 Å². The van der Waals surface area contributed by atoms with E-state index >= 15 is 0 Å². The molecule has 0 unspecified atom stereocenters. The molecule has 0 radical (unpaired) electrons. The van der Waals surface area contributed by atoms with E-state index in [2.05, 4.69) is 0 Å². The summed E-state index contributed by atoms with van der Waals surface area (Å²) < 4.78 is 26.9. The van der Waals surface area contributed by atoms with Crippen molar-refractivity contribution < 1.29 is 13.2 Å². The van der Waals surface area contributed by atoms with Crippen LogP contribution in [-0.4, -0.2) is 43.7 Å². The molecule has 0 atom stereocenters. The molecule has 5 nitrogen and oxygen atoms in total. The topological polar surface area (TPSA) is 57.7 Å². The van der Waals surface area contributed by atoms with Crippen molar-refractivity contribution in [2.24, 2.45) is 5.92 Å². The maximum Gasteiger partial charge on any atom is 0.243 e. The van der Waals surface area contributed by atoms with Crippen LogP contribution in [0.25, 0.3) is 0 Å². The number of piperidine rings is 1. The molecule has 2 aromatic rings. The number of hydrogen-bond donors (Lipinski definition) is 0. The Hall–Kier alpha value is -2.18. The van der Waals surface area contributed by atoms with Gasteiger partial charge in [-0.3, -0.25) is 4.79 Å². The van der Waals surface area contributed by atoms with Gasteiger partial charge in [-0.05, 0) is 37.5 Å². The summed E-state index contributed by atoms with van der Waals surface area (Å²) in [6.45, 7) is 3.37. The molecule has 144 valence electrons. The quantitative estimate of drug-likeness (QED) is 0.794. The summed E-state index contributed by atoms with van der Waals surface area (Å²) in [5, 5.41) is 0. The second-order valence-electron chi connectivity index (χ2n) is 7.17. The Morgan fingerprint density at radius 2 is 1.63 bits per heavy atom. The summed E-state index contributed by atoms with van der Waals surface area (Å²) in [4.78, 5) is 14.8. The number of nitrogens with zero attached hydrogens (tertiary/aromatic N) is 2. The van der Waals surface area contributed by atoms with Crippen LogP contribution in [0.1, 0.15) is 24.0 Å². The van der Waals surface area contributed by atoms with Gasteiger partial charge in [0.25, 0.3) is 0 Å².